The lowest BCUT2D eigenvalue weighted by Crippen LogP contribution is -2.41. The summed E-state index contributed by atoms with van der Waals surface area (Å²) in [5, 5.41) is 0. The zero-order valence-corrected chi connectivity index (χ0v) is 15.7. The first-order chi connectivity index (χ1) is 12.0. The van der Waals surface area contributed by atoms with E-state index in [1.54, 1.807) is 12.1 Å². The summed E-state index contributed by atoms with van der Waals surface area (Å²) in [5.41, 5.74) is -1.16. The molecular weight excluding hydrogens is 346 g/mol. The lowest BCUT2D eigenvalue weighted by atomic mass is 9.77. The predicted octanol–water partition coefficient (Wildman–Crippen LogP) is 2.84. The van der Waals surface area contributed by atoms with Crippen molar-refractivity contribution in [2.24, 2.45) is 0 Å². The maximum atomic E-state index is 13.6. The summed E-state index contributed by atoms with van der Waals surface area (Å²) in [4.78, 5) is 1.97. The first-order valence-corrected chi connectivity index (χ1v) is 8.85. The standard InChI is InChI=1S/C18H25BF3NO3/c1-16(2)17(3,4)26-19(25-16)14-6-5-13(15(11-14)18(20,21)22)12-23-7-9-24-10-8-23/h5-6,11H,7-10,12H2,1-4H3. The van der Waals surface area contributed by atoms with Gasteiger partial charge in [0.05, 0.1) is 30.0 Å². The Morgan fingerprint density at radius 2 is 1.62 bits per heavy atom. The molecule has 4 nitrogen and oxygen atoms in total. The molecule has 3 rings (SSSR count). The van der Waals surface area contributed by atoms with Crippen LogP contribution >= 0.6 is 0 Å². The van der Waals surface area contributed by atoms with Crippen molar-refractivity contribution in [3.05, 3.63) is 29.3 Å². The minimum Gasteiger partial charge on any atom is -0.399 e. The minimum atomic E-state index is -4.43. The Balaban J connectivity index is 1.87. The summed E-state index contributed by atoms with van der Waals surface area (Å²) in [6, 6.07) is 4.38. The van der Waals surface area contributed by atoms with Crippen LogP contribution in [-0.4, -0.2) is 49.5 Å². The fourth-order valence-electron chi connectivity index (χ4n) is 3.12. The maximum absolute atomic E-state index is 13.6. The van der Waals surface area contributed by atoms with Crippen LogP contribution in [0.2, 0.25) is 0 Å². The lowest BCUT2D eigenvalue weighted by Gasteiger charge is -2.32. The van der Waals surface area contributed by atoms with Gasteiger partial charge in [-0.2, -0.15) is 13.2 Å². The molecule has 2 aliphatic heterocycles. The van der Waals surface area contributed by atoms with Crippen molar-refractivity contribution in [1.29, 1.82) is 0 Å². The third-order valence-corrected chi connectivity index (χ3v) is 5.46. The molecule has 144 valence electrons. The summed E-state index contributed by atoms with van der Waals surface area (Å²) in [6.45, 7) is 10.1. The Morgan fingerprint density at radius 1 is 1.04 bits per heavy atom. The van der Waals surface area contributed by atoms with Crippen molar-refractivity contribution >= 4 is 12.6 Å². The molecule has 0 unspecified atom stereocenters. The molecule has 2 saturated heterocycles. The molecule has 1 aromatic carbocycles. The van der Waals surface area contributed by atoms with Crippen LogP contribution in [-0.2, 0) is 26.8 Å². The van der Waals surface area contributed by atoms with E-state index < -0.39 is 30.1 Å². The number of hydrogen-bond donors (Lipinski definition) is 0. The van der Waals surface area contributed by atoms with Crippen LogP contribution in [0.1, 0.15) is 38.8 Å². The van der Waals surface area contributed by atoms with Gasteiger partial charge >= 0.3 is 13.3 Å². The summed E-state index contributed by atoms with van der Waals surface area (Å²) in [7, 11) is -0.807. The molecule has 2 aliphatic rings. The molecule has 0 aromatic heterocycles. The largest absolute Gasteiger partial charge is 0.494 e. The Labute approximate surface area is 152 Å². The van der Waals surface area contributed by atoms with Gasteiger partial charge in [-0.1, -0.05) is 12.1 Å². The Hall–Kier alpha value is -1.09. The fraction of sp³-hybridized carbons (Fsp3) is 0.667. The van der Waals surface area contributed by atoms with Gasteiger partial charge in [0.15, 0.2) is 0 Å². The van der Waals surface area contributed by atoms with Gasteiger partial charge in [0.2, 0.25) is 0 Å². The molecule has 0 atom stereocenters. The molecule has 0 bridgehead atoms. The molecule has 0 aliphatic carbocycles. The number of alkyl halides is 3. The number of rotatable bonds is 3. The first kappa shape index (κ1) is 19.7. The van der Waals surface area contributed by atoms with Crippen LogP contribution < -0.4 is 5.46 Å². The van der Waals surface area contributed by atoms with E-state index in [2.05, 4.69) is 0 Å². The highest BCUT2D eigenvalue weighted by atomic mass is 19.4. The van der Waals surface area contributed by atoms with E-state index in [-0.39, 0.29) is 12.1 Å². The zero-order chi connectivity index (χ0) is 19.2. The van der Waals surface area contributed by atoms with Gasteiger partial charge in [-0.25, -0.2) is 0 Å². The number of benzene rings is 1. The molecule has 8 heteroatoms. The van der Waals surface area contributed by atoms with Crippen molar-refractivity contribution in [1.82, 2.24) is 4.90 Å². The summed E-state index contributed by atoms with van der Waals surface area (Å²) < 4.78 is 58.0. The van der Waals surface area contributed by atoms with Gasteiger partial charge in [-0.15, -0.1) is 0 Å². The zero-order valence-electron chi connectivity index (χ0n) is 15.7. The summed E-state index contributed by atoms with van der Waals surface area (Å²) in [6.07, 6.45) is -4.43. The van der Waals surface area contributed by atoms with E-state index in [4.69, 9.17) is 14.0 Å². The highest BCUT2D eigenvalue weighted by molar-refractivity contribution is 6.62. The third-order valence-electron chi connectivity index (χ3n) is 5.46. The van der Waals surface area contributed by atoms with Crippen molar-refractivity contribution < 1.29 is 27.2 Å². The van der Waals surface area contributed by atoms with E-state index in [0.29, 0.717) is 31.8 Å². The Morgan fingerprint density at radius 3 is 2.15 bits per heavy atom. The molecule has 26 heavy (non-hydrogen) atoms. The monoisotopic (exact) mass is 371 g/mol. The van der Waals surface area contributed by atoms with Gasteiger partial charge in [0, 0.05) is 19.6 Å². The molecule has 0 N–H and O–H groups in total. The quantitative estimate of drug-likeness (QED) is 0.765. The number of morpholine rings is 1. The van der Waals surface area contributed by atoms with Crippen LogP contribution in [0, 0.1) is 0 Å². The average Bonchev–Trinajstić information content (AvgIpc) is 2.76. The third kappa shape index (κ3) is 3.93. The molecular formula is C18H25BF3NO3. The highest BCUT2D eigenvalue weighted by Gasteiger charge is 2.52. The fourth-order valence-corrected chi connectivity index (χ4v) is 3.12. The van der Waals surface area contributed by atoms with Crippen LogP contribution in [0.5, 0.6) is 0 Å². The summed E-state index contributed by atoms with van der Waals surface area (Å²) >= 11 is 0. The second kappa shape index (κ2) is 6.82. The number of hydrogen-bond acceptors (Lipinski definition) is 4. The van der Waals surface area contributed by atoms with Gasteiger partial charge in [-0.3, -0.25) is 4.90 Å². The van der Waals surface area contributed by atoms with Gasteiger partial charge < -0.3 is 14.0 Å². The second-order valence-electron chi connectivity index (χ2n) is 7.89. The molecule has 1 aromatic rings. The van der Waals surface area contributed by atoms with Crippen molar-refractivity contribution in [3.8, 4) is 0 Å². The molecule has 2 fully saturated rings. The van der Waals surface area contributed by atoms with Crippen LogP contribution in [0.4, 0.5) is 13.2 Å². The maximum Gasteiger partial charge on any atom is 0.494 e. The SMILES string of the molecule is CC1(C)OB(c2ccc(CN3CCOCC3)c(C(F)(F)F)c2)OC1(C)C. The smallest absolute Gasteiger partial charge is 0.399 e. The van der Waals surface area contributed by atoms with E-state index in [1.165, 1.54) is 0 Å². The van der Waals surface area contributed by atoms with Crippen LogP contribution in [0.3, 0.4) is 0 Å². The van der Waals surface area contributed by atoms with Gasteiger partial charge in [0.1, 0.15) is 0 Å². The summed E-state index contributed by atoms with van der Waals surface area (Å²) in [5.74, 6) is 0. The molecule has 0 saturated carbocycles. The van der Waals surface area contributed by atoms with E-state index in [1.807, 2.05) is 32.6 Å². The Bertz CT molecular complexity index is 642. The van der Waals surface area contributed by atoms with Gasteiger partial charge in [-0.05, 0) is 44.8 Å². The van der Waals surface area contributed by atoms with Crippen molar-refractivity contribution in [2.75, 3.05) is 26.3 Å². The lowest BCUT2D eigenvalue weighted by molar-refractivity contribution is -0.138. The van der Waals surface area contributed by atoms with E-state index >= 15 is 0 Å². The first-order valence-electron chi connectivity index (χ1n) is 8.85. The number of ether oxygens (including phenoxy) is 1. The number of nitrogens with zero attached hydrogens (tertiary/aromatic N) is 1. The predicted molar refractivity (Wildman–Crippen MR) is 93.3 cm³/mol. The highest BCUT2D eigenvalue weighted by Crippen LogP contribution is 2.37. The number of halogens is 3. The van der Waals surface area contributed by atoms with E-state index in [0.717, 1.165) is 6.07 Å². The molecule has 2 heterocycles. The topological polar surface area (TPSA) is 30.9 Å². The second-order valence-corrected chi connectivity index (χ2v) is 7.89. The Kier molecular flexibility index (Phi) is 5.16. The van der Waals surface area contributed by atoms with Crippen molar-refractivity contribution in [3.63, 3.8) is 0 Å². The molecule has 0 spiro atoms. The van der Waals surface area contributed by atoms with Crippen molar-refractivity contribution in [2.45, 2.75) is 51.6 Å². The minimum absolute atomic E-state index is 0.252. The van der Waals surface area contributed by atoms with E-state index in [9.17, 15) is 13.2 Å². The average molecular weight is 371 g/mol. The molecule has 0 radical (unpaired) electrons. The van der Waals surface area contributed by atoms with Gasteiger partial charge in [0.25, 0.3) is 0 Å². The normalized spacial score (nSPS) is 23.4. The molecule has 0 amide bonds. The van der Waals surface area contributed by atoms with Crippen LogP contribution in [0.25, 0.3) is 0 Å². The van der Waals surface area contributed by atoms with Crippen LogP contribution in [0.15, 0.2) is 18.2 Å².